The Hall–Kier alpha value is -0.950. The van der Waals surface area contributed by atoms with Crippen LogP contribution in [0.25, 0.3) is 0 Å². The maximum atomic E-state index is 11.9. The van der Waals surface area contributed by atoms with Crippen molar-refractivity contribution in [3.05, 3.63) is 11.6 Å². The van der Waals surface area contributed by atoms with Crippen molar-refractivity contribution >= 4 is 9.84 Å². The average molecular weight is 315 g/mol. The number of rotatable bonds is 7. The Labute approximate surface area is 126 Å². The maximum absolute atomic E-state index is 11.9. The summed E-state index contributed by atoms with van der Waals surface area (Å²) in [5.74, 6) is 2.11. The zero-order valence-electron chi connectivity index (χ0n) is 12.9. The van der Waals surface area contributed by atoms with E-state index in [0.717, 1.165) is 43.9 Å². The first-order chi connectivity index (χ1) is 10.1. The molecule has 0 saturated carbocycles. The Balaban J connectivity index is 2.20. The monoisotopic (exact) mass is 315 g/mol. The molecule has 2 heterocycles. The number of methoxy groups -OCH3 is 1. The summed E-state index contributed by atoms with van der Waals surface area (Å²) in [5.41, 5.74) is 0. The third-order valence-electron chi connectivity index (χ3n) is 3.83. The molecule has 0 bridgehead atoms. The molecule has 1 aliphatic heterocycles. The lowest BCUT2D eigenvalue weighted by Gasteiger charge is -2.21. The predicted octanol–water partition coefficient (Wildman–Crippen LogP) is 1.56. The molecule has 0 N–H and O–H groups in total. The largest absolute Gasteiger partial charge is 0.384 e. The van der Waals surface area contributed by atoms with Gasteiger partial charge in [-0.15, -0.1) is 0 Å². The number of sulfone groups is 1. The summed E-state index contributed by atoms with van der Waals surface area (Å²) in [6.07, 6.45) is 4.38. The van der Waals surface area contributed by atoms with E-state index in [1.54, 1.807) is 7.11 Å². The molecule has 1 aromatic heterocycles. The predicted molar refractivity (Wildman–Crippen MR) is 81.1 cm³/mol. The van der Waals surface area contributed by atoms with Gasteiger partial charge in [0.25, 0.3) is 0 Å². The Kier molecular flexibility index (Phi) is 5.75. The topological polar surface area (TPSA) is 74.1 Å². The quantitative estimate of drug-likeness (QED) is 0.763. The van der Waals surface area contributed by atoms with Gasteiger partial charge in [-0.25, -0.2) is 18.1 Å². The number of unbranched alkanes of at least 4 members (excludes halogenated alkanes) is 1. The van der Waals surface area contributed by atoms with Gasteiger partial charge in [-0.2, -0.15) is 5.10 Å². The van der Waals surface area contributed by atoms with E-state index in [1.165, 1.54) is 0 Å². The van der Waals surface area contributed by atoms with Crippen LogP contribution in [0, 0.1) is 0 Å². The fourth-order valence-electron chi connectivity index (χ4n) is 2.70. The zero-order chi connectivity index (χ0) is 15.3. The van der Waals surface area contributed by atoms with Crippen molar-refractivity contribution in [2.45, 2.75) is 51.5 Å². The molecule has 0 amide bonds. The van der Waals surface area contributed by atoms with Gasteiger partial charge in [-0.05, 0) is 19.3 Å². The number of ether oxygens (including phenoxy) is 1. The molecule has 21 heavy (non-hydrogen) atoms. The molecule has 0 unspecified atom stereocenters. The molecule has 0 aromatic carbocycles. The van der Waals surface area contributed by atoms with Crippen LogP contribution >= 0.6 is 0 Å². The lowest BCUT2D eigenvalue weighted by atomic mass is 10.0. The van der Waals surface area contributed by atoms with Crippen molar-refractivity contribution < 1.29 is 13.2 Å². The first kappa shape index (κ1) is 16.4. The van der Waals surface area contributed by atoms with Crippen molar-refractivity contribution in [1.82, 2.24) is 14.8 Å². The van der Waals surface area contributed by atoms with Gasteiger partial charge in [0.2, 0.25) is 0 Å². The molecule has 2 rings (SSSR count). The minimum Gasteiger partial charge on any atom is -0.384 e. The number of hydrogen-bond donors (Lipinski definition) is 0. The third-order valence-corrected chi connectivity index (χ3v) is 5.65. The molecule has 1 saturated heterocycles. The van der Waals surface area contributed by atoms with Crippen LogP contribution in [0.1, 0.15) is 50.2 Å². The number of aryl methyl sites for hydroxylation is 1. The van der Waals surface area contributed by atoms with E-state index in [-0.39, 0.29) is 11.7 Å². The summed E-state index contributed by atoms with van der Waals surface area (Å²) in [4.78, 5) is 4.60. The van der Waals surface area contributed by atoms with Crippen LogP contribution in [0.3, 0.4) is 0 Å². The van der Waals surface area contributed by atoms with Crippen molar-refractivity contribution in [3.63, 3.8) is 0 Å². The maximum Gasteiger partial charge on any atom is 0.153 e. The first-order valence-corrected chi connectivity index (χ1v) is 9.51. The summed E-state index contributed by atoms with van der Waals surface area (Å²) < 4.78 is 30.7. The van der Waals surface area contributed by atoms with Crippen LogP contribution in [0.4, 0.5) is 0 Å². The van der Waals surface area contributed by atoms with E-state index < -0.39 is 9.84 Å². The Morgan fingerprint density at radius 3 is 2.90 bits per heavy atom. The second kappa shape index (κ2) is 7.35. The standard InChI is InChI=1S/C14H25N3O3S/c1-3-4-8-17-14(15-13(16-17)7-9-20-2)12-6-5-10-21(18,19)11-12/h12H,3-11H2,1-2H3/t12-/m1/s1. The number of hydrogen-bond acceptors (Lipinski definition) is 5. The summed E-state index contributed by atoms with van der Waals surface area (Å²) in [5, 5.41) is 4.54. The van der Waals surface area contributed by atoms with E-state index in [9.17, 15) is 8.42 Å². The molecule has 0 aliphatic carbocycles. The third kappa shape index (κ3) is 4.51. The molecule has 6 nitrogen and oxygen atoms in total. The van der Waals surface area contributed by atoms with Crippen molar-refractivity contribution in [3.8, 4) is 0 Å². The van der Waals surface area contributed by atoms with Crippen LogP contribution in [0.5, 0.6) is 0 Å². The SMILES string of the molecule is CCCCn1nc(CCOC)nc1[C@@H]1CCCS(=O)(=O)C1. The van der Waals surface area contributed by atoms with Gasteiger partial charge >= 0.3 is 0 Å². The zero-order valence-corrected chi connectivity index (χ0v) is 13.7. The van der Waals surface area contributed by atoms with Gasteiger partial charge in [0.05, 0.1) is 18.1 Å². The van der Waals surface area contributed by atoms with E-state index in [4.69, 9.17) is 4.74 Å². The van der Waals surface area contributed by atoms with Gasteiger partial charge in [0.1, 0.15) is 5.82 Å². The van der Waals surface area contributed by atoms with Gasteiger partial charge in [0, 0.05) is 26.0 Å². The van der Waals surface area contributed by atoms with Crippen molar-refractivity contribution in [2.24, 2.45) is 0 Å². The fraction of sp³-hybridized carbons (Fsp3) is 0.857. The van der Waals surface area contributed by atoms with Crippen LogP contribution in [0.2, 0.25) is 0 Å². The molecule has 1 atom stereocenters. The van der Waals surface area contributed by atoms with Crippen LogP contribution in [-0.2, 0) is 27.5 Å². The smallest absolute Gasteiger partial charge is 0.153 e. The van der Waals surface area contributed by atoms with Crippen LogP contribution < -0.4 is 0 Å². The van der Waals surface area contributed by atoms with Crippen molar-refractivity contribution in [1.29, 1.82) is 0 Å². The highest BCUT2D eigenvalue weighted by Crippen LogP contribution is 2.27. The van der Waals surface area contributed by atoms with Crippen molar-refractivity contribution in [2.75, 3.05) is 25.2 Å². The van der Waals surface area contributed by atoms with Gasteiger partial charge in [0.15, 0.2) is 15.7 Å². The number of aromatic nitrogens is 3. The highest BCUT2D eigenvalue weighted by Gasteiger charge is 2.29. The normalized spacial score (nSPS) is 21.5. The minimum absolute atomic E-state index is 0.00981. The first-order valence-electron chi connectivity index (χ1n) is 7.68. The van der Waals surface area contributed by atoms with Crippen LogP contribution in [0.15, 0.2) is 0 Å². The van der Waals surface area contributed by atoms with E-state index in [2.05, 4.69) is 17.0 Å². The number of nitrogens with zero attached hydrogens (tertiary/aromatic N) is 3. The molecular formula is C14H25N3O3S. The molecule has 1 fully saturated rings. The van der Waals surface area contributed by atoms with E-state index in [0.29, 0.717) is 18.8 Å². The average Bonchev–Trinajstić information content (AvgIpc) is 2.85. The van der Waals surface area contributed by atoms with Crippen LogP contribution in [-0.4, -0.2) is 48.4 Å². The van der Waals surface area contributed by atoms with E-state index in [1.807, 2.05) is 4.68 Å². The highest BCUT2D eigenvalue weighted by molar-refractivity contribution is 7.91. The molecule has 120 valence electrons. The van der Waals surface area contributed by atoms with E-state index >= 15 is 0 Å². The summed E-state index contributed by atoms with van der Waals surface area (Å²) in [7, 11) is -1.28. The molecule has 0 spiro atoms. The molecule has 7 heteroatoms. The second-order valence-electron chi connectivity index (χ2n) is 5.66. The van der Waals surface area contributed by atoms with Gasteiger partial charge < -0.3 is 4.74 Å². The minimum atomic E-state index is -2.93. The lowest BCUT2D eigenvalue weighted by Crippen LogP contribution is -2.26. The Morgan fingerprint density at radius 2 is 2.24 bits per heavy atom. The Morgan fingerprint density at radius 1 is 1.43 bits per heavy atom. The van der Waals surface area contributed by atoms with Gasteiger partial charge in [-0.1, -0.05) is 13.3 Å². The van der Waals surface area contributed by atoms with Gasteiger partial charge in [-0.3, -0.25) is 0 Å². The summed E-state index contributed by atoms with van der Waals surface area (Å²) in [6.45, 7) is 3.52. The summed E-state index contributed by atoms with van der Waals surface area (Å²) >= 11 is 0. The lowest BCUT2D eigenvalue weighted by molar-refractivity contribution is 0.200. The molecule has 1 aromatic rings. The fourth-order valence-corrected chi connectivity index (χ4v) is 4.41. The second-order valence-corrected chi connectivity index (χ2v) is 7.89. The molecule has 1 aliphatic rings. The molecular weight excluding hydrogens is 290 g/mol. The Bertz CT molecular complexity index is 554. The molecule has 0 radical (unpaired) electrons. The summed E-state index contributed by atoms with van der Waals surface area (Å²) in [6, 6.07) is 0. The highest BCUT2D eigenvalue weighted by atomic mass is 32.2.